The van der Waals surface area contributed by atoms with Crippen LogP contribution in [0.2, 0.25) is 0 Å². The summed E-state index contributed by atoms with van der Waals surface area (Å²) in [6, 6.07) is 8.95. The average Bonchev–Trinajstić information content (AvgIpc) is 3.64. The van der Waals surface area contributed by atoms with Gasteiger partial charge in [-0.25, -0.2) is 14.7 Å². The Morgan fingerprint density at radius 3 is 2.49 bits per heavy atom. The van der Waals surface area contributed by atoms with Crippen LogP contribution in [-0.4, -0.2) is 52.6 Å². The van der Waals surface area contributed by atoms with Crippen molar-refractivity contribution < 1.29 is 28.7 Å². The molecule has 5 rings (SSSR count). The molecule has 3 aromatic rings. The van der Waals surface area contributed by atoms with Gasteiger partial charge in [0, 0.05) is 22.8 Å². The van der Waals surface area contributed by atoms with E-state index in [9.17, 15) is 24.0 Å². The molecule has 0 radical (unpaired) electrons. The highest BCUT2D eigenvalue weighted by Gasteiger charge is 2.48. The van der Waals surface area contributed by atoms with E-state index < -0.39 is 41.8 Å². The summed E-state index contributed by atoms with van der Waals surface area (Å²) in [6.45, 7) is 3.42. The third-order valence-corrected chi connectivity index (χ3v) is 8.17. The fourth-order valence-electron chi connectivity index (χ4n) is 5.10. The van der Waals surface area contributed by atoms with E-state index in [1.807, 2.05) is 6.07 Å². The molecule has 4 N–H and O–H groups in total. The molecule has 5 amide bonds. The molecule has 212 valence electrons. The van der Waals surface area contributed by atoms with Gasteiger partial charge in [0.25, 0.3) is 11.8 Å². The topological polar surface area (TPSA) is 161 Å². The Kier molecular flexibility index (Phi) is 7.59. The molecule has 12 heteroatoms. The van der Waals surface area contributed by atoms with E-state index in [1.54, 1.807) is 55.6 Å². The first-order valence-electron chi connectivity index (χ1n) is 13.1. The summed E-state index contributed by atoms with van der Waals surface area (Å²) in [5.74, 6) is -2.70. The van der Waals surface area contributed by atoms with Gasteiger partial charge < -0.3 is 21.1 Å². The van der Waals surface area contributed by atoms with Crippen LogP contribution in [0.4, 0.5) is 9.93 Å². The molecule has 0 bridgehead atoms. The van der Waals surface area contributed by atoms with Crippen molar-refractivity contribution >= 4 is 46.0 Å². The number of imide groups is 1. The van der Waals surface area contributed by atoms with E-state index in [-0.39, 0.29) is 39.4 Å². The second-order valence-electron chi connectivity index (χ2n) is 10.1. The number of carbonyl (C=O) groups is 5. The number of ether oxygens (including phenoxy) is 1. The fraction of sp³-hybridized carbons (Fsp3) is 0.310. The number of urea groups is 1. The Morgan fingerprint density at radius 1 is 1.15 bits per heavy atom. The number of methoxy groups -OCH3 is 1. The summed E-state index contributed by atoms with van der Waals surface area (Å²) in [5, 5.41) is 7.14. The molecule has 1 aromatic heterocycles. The molecular weight excluding hydrogens is 546 g/mol. The van der Waals surface area contributed by atoms with Crippen molar-refractivity contribution in [3.8, 4) is 5.75 Å². The van der Waals surface area contributed by atoms with Crippen LogP contribution in [0.15, 0.2) is 47.8 Å². The van der Waals surface area contributed by atoms with Crippen LogP contribution < -0.4 is 21.1 Å². The zero-order valence-electron chi connectivity index (χ0n) is 22.7. The van der Waals surface area contributed by atoms with Gasteiger partial charge in [0.1, 0.15) is 23.5 Å². The Balaban J connectivity index is 1.49. The van der Waals surface area contributed by atoms with Gasteiger partial charge in [-0.15, -0.1) is 11.3 Å². The van der Waals surface area contributed by atoms with Crippen molar-refractivity contribution in [3.63, 3.8) is 0 Å². The number of hydrogen-bond acceptors (Lipinski definition) is 8. The number of Topliss-reactive ketones (excluding diaryl/α,β-unsaturated/α-hetero) is 1. The minimum atomic E-state index is -1.27. The number of anilines is 1. The van der Waals surface area contributed by atoms with Gasteiger partial charge in [-0.2, -0.15) is 0 Å². The number of benzene rings is 2. The molecular formula is C29H29N5O6S. The van der Waals surface area contributed by atoms with Crippen molar-refractivity contribution in [2.24, 2.45) is 11.7 Å². The highest BCUT2D eigenvalue weighted by atomic mass is 32.1. The van der Waals surface area contributed by atoms with Gasteiger partial charge in [0.2, 0.25) is 5.91 Å². The van der Waals surface area contributed by atoms with Crippen LogP contribution in [-0.2, 0) is 9.59 Å². The number of aromatic nitrogens is 1. The number of rotatable bonds is 10. The van der Waals surface area contributed by atoms with Gasteiger partial charge in [-0.05, 0) is 30.9 Å². The first-order chi connectivity index (χ1) is 19.6. The quantitative estimate of drug-likeness (QED) is 0.246. The van der Waals surface area contributed by atoms with Gasteiger partial charge in [0.15, 0.2) is 10.9 Å². The molecule has 2 aliphatic rings. The Bertz CT molecular complexity index is 1550. The fourth-order valence-corrected chi connectivity index (χ4v) is 5.81. The van der Waals surface area contributed by atoms with Gasteiger partial charge >= 0.3 is 6.03 Å². The Labute approximate surface area is 240 Å². The van der Waals surface area contributed by atoms with E-state index in [0.29, 0.717) is 5.56 Å². The lowest BCUT2D eigenvalue weighted by molar-refractivity contribution is -0.134. The van der Waals surface area contributed by atoms with Crippen LogP contribution >= 0.6 is 11.3 Å². The molecule has 0 unspecified atom stereocenters. The zero-order valence-corrected chi connectivity index (χ0v) is 23.5. The lowest BCUT2D eigenvalue weighted by Gasteiger charge is -2.29. The number of ketones is 1. The summed E-state index contributed by atoms with van der Waals surface area (Å²) in [6.07, 6.45) is 1.66. The first-order valence-corrected chi connectivity index (χ1v) is 14.0. The van der Waals surface area contributed by atoms with Crippen molar-refractivity contribution in [1.29, 1.82) is 0 Å². The van der Waals surface area contributed by atoms with Gasteiger partial charge in [-0.1, -0.05) is 49.4 Å². The maximum Gasteiger partial charge on any atom is 0.325 e. The molecule has 2 heterocycles. The van der Waals surface area contributed by atoms with E-state index in [0.717, 1.165) is 34.6 Å². The summed E-state index contributed by atoms with van der Waals surface area (Å²) in [4.78, 5) is 70.8. The van der Waals surface area contributed by atoms with E-state index >= 15 is 0 Å². The second kappa shape index (κ2) is 11.1. The first kappa shape index (κ1) is 28.0. The largest absolute Gasteiger partial charge is 0.496 e. The normalized spacial score (nSPS) is 18.0. The molecule has 1 saturated carbocycles. The molecule has 1 aliphatic heterocycles. The number of carbonyl (C=O) groups excluding carboxylic acids is 5. The van der Waals surface area contributed by atoms with Gasteiger partial charge in [0.05, 0.1) is 12.7 Å². The Hall–Kier alpha value is -4.58. The maximum absolute atomic E-state index is 13.9. The number of primary amides is 1. The number of aryl methyl sites for hydroxylation is 1. The van der Waals surface area contributed by atoms with Crippen LogP contribution in [0.3, 0.4) is 0 Å². The smallest absolute Gasteiger partial charge is 0.325 e. The van der Waals surface area contributed by atoms with Crippen LogP contribution in [0.25, 0.3) is 0 Å². The number of nitrogens with one attached hydrogen (secondary N) is 2. The van der Waals surface area contributed by atoms with Crippen molar-refractivity contribution in [2.75, 3.05) is 12.4 Å². The summed E-state index contributed by atoms with van der Waals surface area (Å²) in [5.41, 5.74) is 7.46. The zero-order chi connectivity index (χ0) is 29.4. The van der Waals surface area contributed by atoms with Gasteiger partial charge in [-0.3, -0.25) is 19.2 Å². The van der Waals surface area contributed by atoms with E-state index in [4.69, 9.17) is 10.5 Å². The molecule has 0 spiro atoms. The van der Waals surface area contributed by atoms with Crippen LogP contribution in [0, 0.1) is 12.8 Å². The number of amides is 5. The third-order valence-electron chi connectivity index (χ3n) is 7.41. The van der Waals surface area contributed by atoms with E-state index in [1.165, 1.54) is 7.11 Å². The molecule has 3 atom stereocenters. The van der Waals surface area contributed by atoms with Crippen LogP contribution in [0.1, 0.15) is 69.3 Å². The SMILES string of the molecule is COc1c([C@H]2NC(=O)N([C@H](C(=O)Nc3nc(C(=O)C4CC4)cs3)[C@@H](C)c3ccccc3)C2=O)ccc(C)c1C(N)=O. The van der Waals surface area contributed by atoms with Crippen molar-refractivity contribution in [3.05, 3.63) is 75.8 Å². The molecule has 1 saturated heterocycles. The van der Waals surface area contributed by atoms with Crippen molar-refractivity contribution in [2.45, 2.75) is 44.7 Å². The highest BCUT2D eigenvalue weighted by molar-refractivity contribution is 7.14. The lowest BCUT2D eigenvalue weighted by atomic mass is 9.91. The number of hydrogen-bond donors (Lipinski definition) is 3. The molecule has 41 heavy (non-hydrogen) atoms. The minimum Gasteiger partial charge on any atom is -0.496 e. The summed E-state index contributed by atoms with van der Waals surface area (Å²) in [7, 11) is 1.34. The molecule has 1 aliphatic carbocycles. The minimum absolute atomic E-state index is 0.0248. The maximum atomic E-state index is 13.9. The lowest BCUT2D eigenvalue weighted by Crippen LogP contribution is -2.50. The van der Waals surface area contributed by atoms with Crippen molar-refractivity contribution in [1.82, 2.24) is 15.2 Å². The Morgan fingerprint density at radius 2 is 1.85 bits per heavy atom. The summed E-state index contributed by atoms with van der Waals surface area (Å²) < 4.78 is 5.46. The van der Waals surface area contributed by atoms with Crippen LogP contribution in [0.5, 0.6) is 5.75 Å². The molecule has 2 fully saturated rings. The number of thiazole rings is 1. The monoisotopic (exact) mass is 575 g/mol. The second-order valence-corrected chi connectivity index (χ2v) is 11.0. The summed E-state index contributed by atoms with van der Waals surface area (Å²) >= 11 is 1.10. The molecule has 2 aromatic carbocycles. The average molecular weight is 576 g/mol. The van der Waals surface area contributed by atoms with E-state index in [2.05, 4.69) is 15.6 Å². The molecule has 11 nitrogen and oxygen atoms in total. The predicted octanol–water partition coefficient (Wildman–Crippen LogP) is 3.56. The number of nitrogens with zero attached hydrogens (tertiary/aromatic N) is 2. The predicted molar refractivity (Wildman–Crippen MR) is 151 cm³/mol. The third kappa shape index (κ3) is 5.30. The standard InChI is InChI=1S/C29H29N5O6S/c1-14-9-12-18(24(40-3)20(14)25(30)36)21-27(38)34(29(39)32-21)22(15(2)16-7-5-4-6-8-16)26(37)33-28-31-19(13-41-28)23(35)17-10-11-17/h4-9,12-13,15,17,21-22H,10-11H2,1-3H3,(H2,30,36)(H,32,39)(H,31,33,37)/t15-,21+,22-/m0/s1. The number of nitrogens with two attached hydrogens (primary N) is 1. The highest BCUT2D eigenvalue weighted by Crippen LogP contribution is 2.37.